The van der Waals surface area contributed by atoms with Gasteiger partial charge in [-0.1, -0.05) is 61.0 Å². The number of ether oxygens (including phenoxy) is 1. The molecule has 0 aliphatic carbocycles. The van der Waals surface area contributed by atoms with Gasteiger partial charge in [-0.05, 0) is 73.0 Å². The lowest BCUT2D eigenvalue weighted by atomic mass is 10.0. The topological polar surface area (TPSA) is 58.6 Å². The first-order valence-corrected chi connectivity index (χ1v) is 14.4. The molecule has 0 aliphatic heterocycles. The van der Waals surface area contributed by atoms with Gasteiger partial charge in [-0.25, -0.2) is 0 Å². The number of hydrogen-bond acceptors (Lipinski definition) is 4. The number of halogens is 1. The molecule has 38 heavy (non-hydrogen) atoms. The molecule has 0 heterocycles. The number of benzene rings is 3. The molecule has 3 aromatic carbocycles. The van der Waals surface area contributed by atoms with Gasteiger partial charge in [-0.2, -0.15) is 0 Å². The molecule has 0 aliphatic rings. The van der Waals surface area contributed by atoms with Crippen molar-refractivity contribution in [3.05, 3.63) is 95.0 Å². The third kappa shape index (κ3) is 9.41. The average Bonchev–Trinajstić information content (AvgIpc) is 2.94. The van der Waals surface area contributed by atoms with E-state index in [2.05, 4.69) is 5.32 Å². The fraction of sp³-hybridized carbons (Fsp3) is 0.355. The predicted octanol–water partition coefficient (Wildman–Crippen LogP) is 6.78. The SMILES string of the molecule is CCC(C)NC(=O)C(Cc1ccccc1)N(Cc1cccc(OC)c1)C(=O)CCCSc1ccc(Cl)cc1. The molecule has 3 aromatic rings. The summed E-state index contributed by atoms with van der Waals surface area (Å²) in [6.45, 7) is 4.35. The Bertz CT molecular complexity index is 1160. The first-order valence-electron chi connectivity index (χ1n) is 13.0. The van der Waals surface area contributed by atoms with Crippen molar-refractivity contribution in [1.29, 1.82) is 0 Å². The molecule has 5 nitrogen and oxygen atoms in total. The minimum atomic E-state index is -0.631. The molecule has 0 bridgehead atoms. The van der Waals surface area contributed by atoms with E-state index in [1.807, 2.05) is 92.7 Å². The van der Waals surface area contributed by atoms with Crippen LogP contribution in [0.4, 0.5) is 0 Å². The summed E-state index contributed by atoms with van der Waals surface area (Å²) in [4.78, 5) is 30.2. The van der Waals surface area contributed by atoms with Gasteiger partial charge in [0, 0.05) is 35.3 Å². The molecule has 7 heteroatoms. The maximum absolute atomic E-state index is 13.7. The summed E-state index contributed by atoms with van der Waals surface area (Å²) in [7, 11) is 1.62. The van der Waals surface area contributed by atoms with E-state index >= 15 is 0 Å². The molecule has 0 saturated carbocycles. The van der Waals surface area contributed by atoms with Crippen LogP contribution in [-0.2, 0) is 22.6 Å². The van der Waals surface area contributed by atoms with Crippen LogP contribution in [0.25, 0.3) is 0 Å². The monoisotopic (exact) mass is 552 g/mol. The number of carbonyl (C=O) groups is 2. The van der Waals surface area contributed by atoms with Crippen LogP contribution < -0.4 is 10.1 Å². The molecule has 3 rings (SSSR count). The fourth-order valence-corrected chi connectivity index (χ4v) is 5.03. The maximum Gasteiger partial charge on any atom is 0.243 e. The van der Waals surface area contributed by atoms with E-state index in [9.17, 15) is 9.59 Å². The highest BCUT2D eigenvalue weighted by molar-refractivity contribution is 7.99. The molecule has 2 atom stereocenters. The van der Waals surface area contributed by atoms with Crippen LogP contribution in [0, 0.1) is 0 Å². The Balaban J connectivity index is 1.81. The Kier molecular flexibility index (Phi) is 12.0. The summed E-state index contributed by atoms with van der Waals surface area (Å²) in [5.41, 5.74) is 1.93. The van der Waals surface area contributed by atoms with E-state index in [4.69, 9.17) is 16.3 Å². The molecule has 202 valence electrons. The van der Waals surface area contributed by atoms with Crippen molar-refractivity contribution in [1.82, 2.24) is 10.2 Å². The van der Waals surface area contributed by atoms with Crippen LogP contribution in [0.15, 0.2) is 83.8 Å². The van der Waals surface area contributed by atoms with Crippen LogP contribution in [0.1, 0.15) is 44.2 Å². The summed E-state index contributed by atoms with van der Waals surface area (Å²) < 4.78 is 5.40. The van der Waals surface area contributed by atoms with E-state index in [0.29, 0.717) is 30.8 Å². The number of nitrogens with one attached hydrogen (secondary N) is 1. The van der Waals surface area contributed by atoms with Crippen molar-refractivity contribution in [3.8, 4) is 5.75 Å². The van der Waals surface area contributed by atoms with Gasteiger partial charge < -0.3 is 15.0 Å². The Labute approximate surface area is 235 Å². The lowest BCUT2D eigenvalue weighted by Crippen LogP contribution is -2.52. The summed E-state index contributed by atoms with van der Waals surface area (Å²) in [5, 5.41) is 3.82. The van der Waals surface area contributed by atoms with E-state index in [-0.39, 0.29) is 17.9 Å². The number of nitrogens with zero attached hydrogens (tertiary/aromatic N) is 1. The van der Waals surface area contributed by atoms with Gasteiger partial charge in [-0.15, -0.1) is 11.8 Å². The third-order valence-electron chi connectivity index (χ3n) is 6.38. The Morgan fingerprint density at radius 1 is 1.00 bits per heavy atom. The molecular weight excluding hydrogens is 516 g/mol. The number of hydrogen-bond donors (Lipinski definition) is 1. The molecular formula is C31H37ClN2O3S. The van der Waals surface area contributed by atoms with Crippen LogP contribution in [0.3, 0.4) is 0 Å². The van der Waals surface area contributed by atoms with E-state index in [0.717, 1.165) is 33.9 Å². The lowest BCUT2D eigenvalue weighted by molar-refractivity contribution is -0.141. The molecule has 0 aromatic heterocycles. The zero-order valence-corrected chi connectivity index (χ0v) is 23.9. The second-order valence-electron chi connectivity index (χ2n) is 9.30. The molecule has 0 fully saturated rings. The van der Waals surface area contributed by atoms with Gasteiger partial charge in [0.25, 0.3) is 0 Å². The third-order valence-corrected chi connectivity index (χ3v) is 7.73. The average molecular weight is 553 g/mol. The van der Waals surface area contributed by atoms with Crippen LogP contribution in [0.2, 0.25) is 5.02 Å². The number of carbonyl (C=O) groups excluding carboxylic acids is 2. The molecule has 1 N–H and O–H groups in total. The number of thioether (sulfide) groups is 1. The highest BCUT2D eigenvalue weighted by Crippen LogP contribution is 2.23. The molecule has 0 spiro atoms. The molecule has 0 radical (unpaired) electrons. The Morgan fingerprint density at radius 2 is 1.71 bits per heavy atom. The van der Waals surface area contributed by atoms with Crippen molar-refractivity contribution in [2.45, 2.75) is 63.1 Å². The number of amides is 2. The lowest BCUT2D eigenvalue weighted by Gasteiger charge is -2.32. The predicted molar refractivity (Wildman–Crippen MR) is 157 cm³/mol. The van der Waals surface area contributed by atoms with Crippen molar-refractivity contribution in [2.75, 3.05) is 12.9 Å². The van der Waals surface area contributed by atoms with Gasteiger partial charge in [0.2, 0.25) is 11.8 Å². The van der Waals surface area contributed by atoms with Crippen LogP contribution >= 0.6 is 23.4 Å². The largest absolute Gasteiger partial charge is 0.497 e. The first-order chi connectivity index (χ1) is 18.4. The summed E-state index contributed by atoms with van der Waals surface area (Å²) in [6, 6.07) is 24.6. The minimum Gasteiger partial charge on any atom is -0.497 e. The normalized spacial score (nSPS) is 12.4. The number of rotatable bonds is 14. The number of methoxy groups -OCH3 is 1. The summed E-state index contributed by atoms with van der Waals surface area (Å²) >= 11 is 7.68. The molecule has 2 unspecified atom stereocenters. The highest BCUT2D eigenvalue weighted by atomic mass is 35.5. The van der Waals surface area contributed by atoms with Crippen molar-refractivity contribution in [2.24, 2.45) is 0 Å². The Morgan fingerprint density at radius 3 is 2.39 bits per heavy atom. The first kappa shape index (κ1) is 29.6. The summed E-state index contributed by atoms with van der Waals surface area (Å²) in [5.74, 6) is 1.35. The van der Waals surface area contributed by atoms with Gasteiger partial charge in [0.05, 0.1) is 7.11 Å². The van der Waals surface area contributed by atoms with Crippen LogP contribution in [0.5, 0.6) is 5.75 Å². The zero-order chi connectivity index (χ0) is 27.3. The quantitative estimate of drug-likeness (QED) is 0.177. The van der Waals surface area contributed by atoms with Gasteiger partial charge >= 0.3 is 0 Å². The van der Waals surface area contributed by atoms with Crippen LogP contribution in [-0.4, -0.2) is 41.7 Å². The van der Waals surface area contributed by atoms with Crippen molar-refractivity contribution >= 4 is 35.2 Å². The minimum absolute atomic E-state index is 0.0188. The molecule has 0 saturated heterocycles. The van der Waals surface area contributed by atoms with E-state index in [1.165, 1.54) is 0 Å². The standard InChI is InChI=1S/C31H37ClN2O3S/c1-4-23(2)33-31(36)29(21-24-10-6-5-7-11-24)34(22-25-12-8-13-27(20-25)37-3)30(35)14-9-19-38-28-17-15-26(32)16-18-28/h5-8,10-13,15-18,20,23,29H,4,9,14,19,21-22H2,1-3H3,(H,33,36). The maximum atomic E-state index is 13.7. The van der Waals surface area contributed by atoms with E-state index < -0.39 is 6.04 Å². The second kappa shape index (κ2) is 15.5. The highest BCUT2D eigenvalue weighted by Gasteiger charge is 2.30. The Hall–Kier alpha value is -2.96. The molecule has 2 amide bonds. The van der Waals surface area contributed by atoms with Gasteiger partial charge in [0.1, 0.15) is 11.8 Å². The fourth-order valence-electron chi connectivity index (χ4n) is 4.05. The smallest absolute Gasteiger partial charge is 0.243 e. The van der Waals surface area contributed by atoms with E-state index in [1.54, 1.807) is 23.8 Å². The van der Waals surface area contributed by atoms with Gasteiger partial charge in [-0.3, -0.25) is 9.59 Å². The zero-order valence-electron chi connectivity index (χ0n) is 22.4. The second-order valence-corrected chi connectivity index (χ2v) is 10.9. The van der Waals surface area contributed by atoms with Crippen molar-refractivity contribution in [3.63, 3.8) is 0 Å². The van der Waals surface area contributed by atoms with Gasteiger partial charge in [0.15, 0.2) is 0 Å². The summed E-state index contributed by atoms with van der Waals surface area (Å²) in [6.07, 6.45) is 2.31. The van der Waals surface area contributed by atoms with Crippen molar-refractivity contribution < 1.29 is 14.3 Å².